The van der Waals surface area contributed by atoms with Crippen LogP contribution in [0.1, 0.15) is 55.5 Å². The number of carboxylic acids is 1. The summed E-state index contributed by atoms with van der Waals surface area (Å²) in [5.41, 5.74) is 1.00. The van der Waals surface area contributed by atoms with Gasteiger partial charge >= 0.3 is 5.97 Å². The van der Waals surface area contributed by atoms with E-state index in [4.69, 9.17) is 4.74 Å². The first-order chi connectivity index (χ1) is 11.1. The van der Waals surface area contributed by atoms with Crippen molar-refractivity contribution in [2.75, 3.05) is 6.61 Å². The topological polar surface area (TPSA) is 66.8 Å². The SMILES string of the molecule is CCCCCCOc1cc(C(=O)O)c(O)c2ccc(CC)cc12. The van der Waals surface area contributed by atoms with E-state index in [2.05, 4.69) is 13.8 Å². The molecule has 0 saturated carbocycles. The number of rotatable bonds is 8. The van der Waals surface area contributed by atoms with E-state index in [1.165, 1.54) is 12.5 Å². The molecule has 0 aliphatic heterocycles. The van der Waals surface area contributed by atoms with E-state index in [1.807, 2.05) is 12.1 Å². The molecule has 0 radical (unpaired) electrons. The molecule has 0 saturated heterocycles. The molecule has 4 heteroatoms. The highest BCUT2D eigenvalue weighted by Crippen LogP contribution is 2.37. The second-order valence-electron chi connectivity index (χ2n) is 5.72. The number of fused-ring (bicyclic) bond motifs is 1. The molecule has 0 spiro atoms. The maximum atomic E-state index is 11.3. The summed E-state index contributed by atoms with van der Waals surface area (Å²) in [6.45, 7) is 4.76. The van der Waals surface area contributed by atoms with Crippen LogP contribution >= 0.6 is 0 Å². The fourth-order valence-electron chi connectivity index (χ4n) is 2.64. The molecular formula is C19H24O4. The van der Waals surface area contributed by atoms with Crippen LogP contribution in [-0.2, 0) is 6.42 Å². The lowest BCUT2D eigenvalue weighted by atomic mass is 10.0. The zero-order valence-corrected chi connectivity index (χ0v) is 13.8. The summed E-state index contributed by atoms with van der Waals surface area (Å²) in [7, 11) is 0. The fourth-order valence-corrected chi connectivity index (χ4v) is 2.64. The Morgan fingerprint density at radius 3 is 2.52 bits per heavy atom. The van der Waals surface area contributed by atoms with Gasteiger partial charge in [0.2, 0.25) is 0 Å². The summed E-state index contributed by atoms with van der Waals surface area (Å²) >= 11 is 0. The van der Waals surface area contributed by atoms with Crippen molar-refractivity contribution in [2.24, 2.45) is 0 Å². The molecule has 0 aliphatic rings. The van der Waals surface area contributed by atoms with Crippen molar-refractivity contribution in [1.82, 2.24) is 0 Å². The maximum Gasteiger partial charge on any atom is 0.339 e. The first kappa shape index (κ1) is 17.1. The van der Waals surface area contributed by atoms with Crippen molar-refractivity contribution in [1.29, 1.82) is 0 Å². The molecule has 124 valence electrons. The van der Waals surface area contributed by atoms with E-state index in [1.54, 1.807) is 6.07 Å². The van der Waals surface area contributed by atoms with Gasteiger partial charge in [0, 0.05) is 10.8 Å². The zero-order chi connectivity index (χ0) is 16.8. The van der Waals surface area contributed by atoms with E-state index < -0.39 is 5.97 Å². The van der Waals surface area contributed by atoms with Gasteiger partial charge in [0.05, 0.1) is 6.61 Å². The first-order valence-electron chi connectivity index (χ1n) is 8.23. The predicted molar refractivity (Wildman–Crippen MR) is 91.6 cm³/mol. The first-order valence-corrected chi connectivity index (χ1v) is 8.23. The van der Waals surface area contributed by atoms with Crippen LogP contribution in [0.5, 0.6) is 11.5 Å². The predicted octanol–water partition coefficient (Wildman–Crippen LogP) is 4.77. The van der Waals surface area contributed by atoms with Crippen LogP contribution in [0.15, 0.2) is 24.3 Å². The summed E-state index contributed by atoms with van der Waals surface area (Å²) in [5, 5.41) is 20.8. The third-order valence-corrected chi connectivity index (χ3v) is 4.03. The molecule has 0 aromatic heterocycles. The van der Waals surface area contributed by atoms with Crippen LogP contribution in [0.4, 0.5) is 0 Å². The van der Waals surface area contributed by atoms with Crippen molar-refractivity contribution >= 4 is 16.7 Å². The number of carboxylic acid groups (broad SMARTS) is 1. The minimum Gasteiger partial charge on any atom is -0.506 e. The molecule has 2 aromatic carbocycles. The molecule has 0 fully saturated rings. The van der Waals surface area contributed by atoms with Gasteiger partial charge in [0.25, 0.3) is 0 Å². The molecular weight excluding hydrogens is 292 g/mol. The molecule has 0 atom stereocenters. The van der Waals surface area contributed by atoms with Crippen LogP contribution < -0.4 is 4.74 Å². The standard InChI is InChI=1S/C19H24O4/c1-3-5-6-7-10-23-17-12-16(19(21)22)18(20)14-9-8-13(4-2)11-15(14)17/h8-9,11-12,20H,3-7,10H2,1-2H3,(H,21,22). The van der Waals surface area contributed by atoms with Crippen LogP contribution in [0, 0.1) is 0 Å². The van der Waals surface area contributed by atoms with E-state index >= 15 is 0 Å². The van der Waals surface area contributed by atoms with Crippen molar-refractivity contribution in [3.8, 4) is 11.5 Å². The number of ether oxygens (including phenoxy) is 1. The number of unbranched alkanes of at least 4 members (excludes halogenated alkanes) is 3. The van der Waals surface area contributed by atoms with E-state index in [0.717, 1.165) is 36.6 Å². The van der Waals surface area contributed by atoms with Gasteiger partial charge < -0.3 is 14.9 Å². The normalized spacial score (nSPS) is 10.9. The number of aromatic carboxylic acids is 1. The summed E-state index contributed by atoms with van der Waals surface area (Å²) in [5.74, 6) is -0.824. The number of aromatic hydroxyl groups is 1. The molecule has 23 heavy (non-hydrogen) atoms. The average Bonchev–Trinajstić information content (AvgIpc) is 2.55. The van der Waals surface area contributed by atoms with Crippen LogP contribution in [0.25, 0.3) is 10.8 Å². The third kappa shape index (κ3) is 3.95. The molecule has 0 heterocycles. The zero-order valence-electron chi connectivity index (χ0n) is 13.8. The summed E-state index contributed by atoms with van der Waals surface area (Å²) in [6.07, 6.45) is 5.23. The Kier molecular flexibility index (Phi) is 5.85. The van der Waals surface area contributed by atoms with Gasteiger partial charge in [-0.1, -0.05) is 45.2 Å². The number of aryl methyl sites for hydroxylation is 1. The van der Waals surface area contributed by atoms with E-state index in [0.29, 0.717) is 17.7 Å². The monoisotopic (exact) mass is 316 g/mol. The Morgan fingerprint density at radius 1 is 1.09 bits per heavy atom. The molecule has 2 aromatic rings. The molecule has 0 amide bonds. The largest absolute Gasteiger partial charge is 0.506 e. The van der Waals surface area contributed by atoms with Gasteiger partial charge in [-0.25, -0.2) is 4.79 Å². The lowest BCUT2D eigenvalue weighted by Crippen LogP contribution is -2.02. The van der Waals surface area contributed by atoms with Crippen molar-refractivity contribution < 1.29 is 19.7 Å². The average molecular weight is 316 g/mol. The van der Waals surface area contributed by atoms with Gasteiger partial charge in [-0.3, -0.25) is 0 Å². The Bertz CT molecular complexity index is 691. The van der Waals surface area contributed by atoms with E-state index in [-0.39, 0.29) is 11.3 Å². The molecule has 0 bridgehead atoms. The number of hydrogen-bond donors (Lipinski definition) is 2. The highest BCUT2D eigenvalue weighted by atomic mass is 16.5. The molecule has 2 rings (SSSR count). The molecule has 4 nitrogen and oxygen atoms in total. The number of carbonyl (C=O) groups is 1. The van der Waals surface area contributed by atoms with Gasteiger partial charge in [-0.15, -0.1) is 0 Å². The van der Waals surface area contributed by atoms with Crippen LogP contribution in [0.2, 0.25) is 0 Å². The lowest BCUT2D eigenvalue weighted by molar-refractivity contribution is 0.0693. The lowest BCUT2D eigenvalue weighted by Gasteiger charge is -2.13. The van der Waals surface area contributed by atoms with Crippen LogP contribution in [-0.4, -0.2) is 22.8 Å². The van der Waals surface area contributed by atoms with Crippen LogP contribution in [0.3, 0.4) is 0 Å². The fraction of sp³-hybridized carbons (Fsp3) is 0.421. The van der Waals surface area contributed by atoms with Crippen molar-refractivity contribution in [3.05, 3.63) is 35.4 Å². The minimum atomic E-state index is -1.15. The Hall–Kier alpha value is -2.23. The Balaban J connectivity index is 2.38. The highest BCUT2D eigenvalue weighted by Gasteiger charge is 2.17. The number of phenols is 1. The minimum absolute atomic E-state index is 0.120. The van der Waals surface area contributed by atoms with Gasteiger partial charge in [-0.05, 0) is 30.5 Å². The molecule has 0 aliphatic carbocycles. The Labute approximate surface area is 136 Å². The summed E-state index contributed by atoms with van der Waals surface area (Å²) in [6, 6.07) is 7.06. The van der Waals surface area contributed by atoms with E-state index in [9.17, 15) is 15.0 Å². The smallest absolute Gasteiger partial charge is 0.339 e. The maximum absolute atomic E-state index is 11.3. The molecule has 2 N–H and O–H groups in total. The quantitative estimate of drug-likeness (QED) is 0.689. The van der Waals surface area contributed by atoms with Gasteiger partial charge in [0.15, 0.2) is 0 Å². The van der Waals surface area contributed by atoms with Gasteiger partial charge in [0.1, 0.15) is 17.1 Å². The number of hydrogen-bond acceptors (Lipinski definition) is 3. The third-order valence-electron chi connectivity index (χ3n) is 4.03. The van der Waals surface area contributed by atoms with Crippen molar-refractivity contribution in [2.45, 2.75) is 46.0 Å². The second-order valence-corrected chi connectivity index (χ2v) is 5.72. The van der Waals surface area contributed by atoms with Crippen molar-refractivity contribution in [3.63, 3.8) is 0 Å². The summed E-state index contributed by atoms with van der Waals surface area (Å²) in [4.78, 5) is 11.3. The van der Waals surface area contributed by atoms with Gasteiger partial charge in [-0.2, -0.15) is 0 Å². The Morgan fingerprint density at radius 2 is 1.87 bits per heavy atom. The molecule has 0 unspecified atom stereocenters. The summed E-state index contributed by atoms with van der Waals surface area (Å²) < 4.78 is 5.84. The second kappa shape index (κ2) is 7.86. The highest BCUT2D eigenvalue weighted by molar-refractivity contribution is 6.03. The number of benzene rings is 2.